The van der Waals surface area contributed by atoms with Crippen LogP contribution in [0.25, 0.3) is 0 Å². The molecule has 202 valence electrons. The number of hydrogen-bond acceptors (Lipinski definition) is 4. The summed E-state index contributed by atoms with van der Waals surface area (Å²) in [6.45, 7) is 0. The van der Waals surface area contributed by atoms with Crippen molar-refractivity contribution in [3.05, 3.63) is 106 Å². The highest BCUT2D eigenvalue weighted by molar-refractivity contribution is 7.98. The SMILES string of the molecule is O=C(O)c1ccc(CS[C@@H](c2ccccc2CCCCCCCCc2ccccc2)[C@H](O)C(=O)O)c(F)c1. The molecule has 0 aromatic heterocycles. The van der Waals surface area contributed by atoms with Gasteiger partial charge in [0.15, 0.2) is 6.10 Å². The minimum atomic E-state index is -1.66. The maximum atomic E-state index is 14.4. The predicted molar refractivity (Wildman–Crippen MR) is 149 cm³/mol. The molecule has 0 radical (unpaired) electrons. The van der Waals surface area contributed by atoms with Gasteiger partial charge in [-0.1, -0.05) is 86.3 Å². The van der Waals surface area contributed by atoms with Crippen molar-refractivity contribution >= 4 is 23.7 Å². The molecule has 0 saturated heterocycles. The molecular formula is C31H35FO5S. The topological polar surface area (TPSA) is 94.8 Å². The number of thioether (sulfide) groups is 1. The van der Waals surface area contributed by atoms with Crippen LogP contribution in [0.1, 0.15) is 76.4 Å². The highest BCUT2D eigenvalue weighted by atomic mass is 32.2. The van der Waals surface area contributed by atoms with Gasteiger partial charge in [0, 0.05) is 5.75 Å². The normalized spacial score (nSPS) is 12.7. The molecule has 0 spiro atoms. The van der Waals surface area contributed by atoms with Gasteiger partial charge in [-0.15, -0.1) is 11.8 Å². The minimum absolute atomic E-state index is 0.0953. The van der Waals surface area contributed by atoms with Gasteiger partial charge in [-0.05, 0) is 60.1 Å². The lowest BCUT2D eigenvalue weighted by Gasteiger charge is -2.23. The Balaban J connectivity index is 1.55. The van der Waals surface area contributed by atoms with Gasteiger partial charge in [0.25, 0.3) is 0 Å². The number of aliphatic carboxylic acids is 1. The van der Waals surface area contributed by atoms with Crippen molar-refractivity contribution in [3.8, 4) is 0 Å². The molecule has 0 heterocycles. The molecule has 3 rings (SSSR count). The number of halogens is 1. The number of carboxylic acid groups (broad SMARTS) is 2. The van der Waals surface area contributed by atoms with Crippen LogP contribution in [0, 0.1) is 5.82 Å². The number of hydrogen-bond donors (Lipinski definition) is 3. The number of rotatable bonds is 16. The van der Waals surface area contributed by atoms with E-state index in [-0.39, 0.29) is 16.9 Å². The monoisotopic (exact) mass is 538 g/mol. The number of carbonyl (C=O) groups is 2. The van der Waals surface area contributed by atoms with E-state index in [1.165, 1.54) is 37.0 Å². The van der Waals surface area contributed by atoms with Gasteiger partial charge >= 0.3 is 11.9 Å². The zero-order chi connectivity index (χ0) is 27.3. The van der Waals surface area contributed by atoms with E-state index in [0.29, 0.717) is 0 Å². The molecule has 0 amide bonds. The zero-order valence-corrected chi connectivity index (χ0v) is 22.2. The molecule has 38 heavy (non-hydrogen) atoms. The van der Waals surface area contributed by atoms with Gasteiger partial charge in [-0.2, -0.15) is 0 Å². The Kier molecular flexibility index (Phi) is 11.8. The fraction of sp³-hybridized carbons (Fsp3) is 0.355. The van der Waals surface area contributed by atoms with Gasteiger partial charge in [0.2, 0.25) is 0 Å². The van der Waals surface area contributed by atoms with E-state index in [0.717, 1.165) is 61.1 Å². The highest BCUT2D eigenvalue weighted by Crippen LogP contribution is 2.37. The summed E-state index contributed by atoms with van der Waals surface area (Å²) in [5, 5.41) is 28.3. The Hall–Kier alpha value is -3.16. The molecule has 0 saturated carbocycles. The third-order valence-electron chi connectivity index (χ3n) is 6.62. The minimum Gasteiger partial charge on any atom is -0.479 e. The largest absolute Gasteiger partial charge is 0.479 e. The van der Waals surface area contributed by atoms with Crippen molar-refractivity contribution in [3.63, 3.8) is 0 Å². The van der Waals surface area contributed by atoms with Gasteiger partial charge in [-0.25, -0.2) is 14.0 Å². The fourth-order valence-electron chi connectivity index (χ4n) is 4.49. The zero-order valence-electron chi connectivity index (χ0n) is 21.4. The number of carboxylic acids is 2. The van der Waals surface area contributed by atoms with E-state index < -0.39 is 29.1 Å². The van der Waals surface area contributed by atoms with Crippen molar-refractivity contribution in [2.45, 2.75) is 68.5 Å². The average Bonchev–Trinajstić information content (AvgIpc) is 2.92. The molecule has 0 aliphatic rings. The molecule has 0 bridgehead atoms. The first-order valence-electron chi connectivity index (χ1n) is 13.0. The molecule has 3 N–H and O–H groups in total. The van der Waals surface area contributed by atoms with Gasteiger partial charge in [-0.3, -0.25) is 0 Å². The van der Waals surface area contributed by atoms with Crippen molar-refractivity contribution < 1.29 is 29.3 Å². The van der Waals surface area contributed by atoms with Gasteiger partial charge in [0.05, 0.1) is 10.8 Å². The second-order valence-corrected chi connectivity index (χ2v) is 10.6. The van der Waals surface area contributed by atoms with E-state index in [4.69, 9.17) is 5.11 Å². The Labute approximate surface area is 227 Å². The average molecular weight is 539 g/mol. The van der Waals surface area contributed by atoms with Crippen LogP contribution in [0.15, 0.2) is 72.8 Å². The van der Waals surface area contributed by atoms with Crippen LogP contribution < -0.4 is 0 Å². The van der Waals surface area contributed by atoms with E-state index in [1.54, 1.807) is 0 Å². The smallest absolute Gasteiger partial charge is 0.335 e. The predicted octanol–water partition coefficient (Wildman–Crippen LogP) is 7.07. The number of aliphatic hydroxyl groups is 1. The number of aryl methyl sites for hydroxylation is 2. The summed E-state index contributed by atoms with van der Waals surface area (Å²) < 4.78 is 14.4. The van der Waals surface area contributed by atoms with Gasteiger partial charge in [0.1, 0.15) is 5.82 Å². The standard InChI is InChI=1S/C31H35FO5S/c32-27-20-24(30(34)35)18-19-25(27)21-38-29(28(33)31(36)37)26-17-11-10-16-23(26)15-9-4-2-1-3-6-12-22-13-7-5-8-14-22/h5,7-8,10-11,13-14,16-20,28-29,33H,1-4,6,9,12,15,21H2,(H,34,35)(H,36,37)/t28-,29-/m0/s1. The second-order valence-electron chi connectivity index (χ2n) is 9.43. The molecule has 0 fully saturated rings. The number of unbranched alkanes of at least 4 members (excludes halogenated alkanes) is 5. The first kappa shape index (κ1) is 29.4. The molecule has 0 aliphatic carbocycles. The molecule has 3 aromatic rings. The van der Waals surface area contributed by atoms with Crippen molar-refractivity contribution in [1.29, 1.82) is 0 Å². The van der Waals surface area contributed by atoms with Crippen molar-refractivity contribution in [2.24, 2.45) is 0 Å². The summed E-state index contributed by atoms with van der Waals surface area (Å²) in [5.41, 5.74) is 3.20. The van der Waals surface area contributed by atoms with E-state index in [2.05, 4.69) is 24.3 Å². The molecule has 0 unspecified atom stereocenters. The third kappa shape index (κ3) is 8.99. The maximum Gasteiger partial charge on any atom is 0.335 e. The highest BCUT2D eigenvalue weighted by Gasteiger charge is 2.29. The lowest BCUT2D eigenvalue weighted by Crippen LogP contribution is -2.26. The summed E-state index contributed by atoms with van der Waals surface area (Å²) in [5.74, 6) is -3.13. The van der Waals surface area contributed by atoms with Crippen LogP contribution in [0.5, 0.6) is 0 Å². The summed E-state index contributed by atoms with van der Waals surface area (Å²) in [6.07, 6.45) is 6.93. The molecule has 5 nitrogen and oxygen atoms in total. The Bertz CT molecular complexity index is 1180. The van der Waals surface area contributed by atoms with Crippen LogP contribution in [-0.2, 0) is 23.4 Å². The summed E-state index contributed by atoms with van der Waals surface area (Å²) in [7, 11) is 0. The third-order valence-corrected chi connectivity index (χ3v) is 7.97. The quantitative estimate of drug-likeness (QED) is 0.169. The molecular weight excluding hydrogens is 503 g/mol. The molecule has 2 atom stereocenters. The van der Waals surface area contributed by atoms with Crippen LogP contribution in [0.2, 0.25) is 0 Å². The van der Waals surface area contributed by atoms with E-state index in [1.807, 2.05) is 30.3 Å². The Morgan fingerprint density at radius 1 is 0.763 bits per heavy atom. The summed E-state index contributed by atoms with van der Waals surface area (Å²) in [4.78, 5) is 22.8. The lowest BCUT2D eigenvalue weighted by atomic mass is 9.96. The first-order chi connectivity index (χ1) is 18.4. The second kappa shape index (κ2) is 15.3. The van der Waals surface area contributed by atoms with Gasteiger partial charge < -0.3 is 15.3 Å². The maximum absolute atomic E-state index is 14.4. The van der Waals surface area contributed by atoms with Crippen molar-refractivity contribution in [1.82, 2.24) is 0 Å². The van der Waals surface area contributed by atoms with Crippen LogP contribution in [0.3, 0.4) is 0 Å². The number of benzene rings is 3. The Morgan fingerprint density at radius 2 is 1.39 bits per heavy atom. The molecule has 0 aliphatic heterocycles. The summed E-state index contributed by atoms with van der Waals surface area (Å²) in [6, 6.07) is 21.7. The van der Waals surface area contributed by atoms with Crippen LogP contribution in [0.4, 0.5) is 4.39 Å². The van der Waals surface area contributed by atoms with Crippen molar-refractivity contribution in [2.75, 3.05) is 0 Å². The summed E-state index contributed by atoms with van der Waals surface area (Å²) >= 11 is 1.14. The number of aliphatic hydroxyl groups excluding tert-OH is 1. The number of aromatic carboxylic acids is 1. The first-order valence-corrected chi connectivity index (χ1v) is 14.1. The van der Waals surface area contributed by atoms with Crippen LogP contribution >= 0.6 is 11.8 Å². The Morgan fingerprint density at radius 3 is 2.05 bits per heavy atom. The molecule has 3 aromatic carbocycles. The van der Waals surface area contributed by atoms with Crippen LogP contribution in [-0.4, -0.2) is 33.4 Å². The van der Waals surface area contributed by atoms with E-state index in [9.17, 15) is 24.2 Å². The fourth-order valence-corrected chi connectivity index (χ4v) is 5.79. The molecule has 7 heteroatoms. The lowest BCUT2D eigenvalue weighted by molar-refractivity contribution is -0.146. The van der Waals surface area contributed by atoms with E-state index >= 15 is 0 Å².